The Hall–Kier alpha value is -2.53. The molecule has 0 amide bonds. The van der Waals surface area contributed by atoms with Gasteiger partial charge in [0.2, 0.25) is 10.0 Å². The fourth-order valence-corrected chi connectivity index (χ4v) is 3.51. The van der Waals surface area contributed by atoms with Crippen LogP contribution in [0.4, 0.5) is 0 Å². The number of hydrogen-bond acceptors (Lipinski definition) is 3. The maximum Gasteiger partial charge on any atom is 0.242 e. The van der Waals surface area contributed by atoms with Crippen molar-refractivity contribution < 1.29 is 13.5 Å². The van der Waals surface area contributed by atoms with Crippen LogP contribution >= 0.6 is 0 Å². The van der Waals surface area contributed by atoms with Crippen molar-refractivity contribution >= 4 is 20.9 Å². The first-order valence-electron chi connectivity index (χ1n) is 7.66. The summed E-state index contributed by atoms with van der Waals surface area (Å²) in [4.78, 5) is 0. The average molecular weight is 343 g/mol. The van der Waals surface area contributed by atoms with Gasteiger partial charge < -0.3 is 5.11 Å². The van der Waals surface area contributed by atoms with Crippen LogP contribution in [0.2, 0.25) is 0 Å². The third kappa shape index (κ3) is 4.06. The molecule has 5 heteroatoms. The number of fused-ring (bicyclic) bond motifs is 1. The standard InChI is InChI=1S/C11H11NO2S.C8H10O/c1-2-9-15(13,14)12-8-7-10-5-3-4-6-11(10)12;1-2-7-5-3-4-6-8(7)9/h2-8H,1,9H2;3-6,9H,2H2,1H3. The van der Waals surface area contributed by atoms with Crippen molar-refractivity contribution in [3.8, 4) is 5.75 Å². The second-order valence-electron chi connectivity index (χ2n) is 5.22. The van der Waals surface area contributed by atoms with Gasteiger partial charge in [-0.25, -0.2) is 12.4 Å². The van der Waals surface area contributed by atoms with Gasteiger partial charge in [0.05, 0.1) is 11.3 Å². The van der Waals surface area contributed by atoms with Gasteiger partial charge in [0.15, 0.2) is 0 Å². The van der Waals surface area contributed by atoms with Crippen molar-refractivity contribution in [2.75, 3.05) is 5.75 Å². The van der Waals surface area contributed by atoms with E-state index in [2.05, 4.69) is 6.58 Å². The summed E-state index contributed by atoms with van der Waals surface area (Å²) in [7, 11) is -3.29. The molecule has 0 saturated carbocycles. The molecule has 2 aromatic carbocycles. The number of nitrogens with zero attached hydrogens (tertiary/aromatic N) is 1. The summed E-state index contributed by atoms with van der Waals surface area (Å²) in [5, 5.41) is 10.0. The Morgan fingerprint density at radius 3 is 2.38 bits per heavy atom. The van der Waals surface area contributed by atoms with Crippen molar-refractivity contribution in [2.24, 2.45) is 0 Å². The van der Waals surface area contributed by atoms with E-state index < -0.39 is 10.0 Å². The van der Waals surface area contributed by atoms with Crippen LogP contribution in [0.1, 0.15) is 12.5 Å². The number of phenolic OH excluding ortho intramolecular Hbond substituents is 1. The Bertz CT molecular complexity index is 926. The SMILES string of the molecule is C=CCS(=O)(=O)n1ccc2ccccc21.CCc1ccccc1O. The van der Waals surface area contributed by atoms with Gasteiger partial charge in [-0.1, -0.05) is 49.4 Å². The summed E-state index contributed by atoms with van der Waals surface area (Å²) in [5.74, 6) is 0.353. The quantitative estimate of drug-likeness (QED) is 0.730. The van der Waals surface area contributed by atoms with Gasteiger partial charge in [0.1, 0.15) is 5.75 Å². The number of rotatable bonds is 4. The lowest BCUT2D eigenvalue weighted by molar-refractivity contribution is 0.469. The molecule has 4 nitrogen and oxygen atoms in total. The van der Waals surface area contributed by atoms with Crippen LogP contribution in [0.25, 0.3) is 10.9 Å². The molecule has 0 radical (unpaired) electrons. The van der Waals surface area contributed by atoms with Crippen LogP contribution in [-0.4, -0.2) is 23.2 Å². The molecule has 0 aliphatic heterocycles. The Morgan fingerprint density at radius 2 is 1.75 bits per heavy atom. The van der Waals surface area contributed by atoms with Crippen molar-refractivity contribution in [1.82, 2.24) is 3.97 Å². The van der Waals surface area contributed by atoms with Gasteiger partial charge in [-0.2, -0.15) is 0 Å². The van der Waals surface area contributed by atoms with Crippen molar-refractivity contribution in [3.05, 3.63) is 79.0 Å². The van der Waals surface area contributed by atoms with E-state index in [0.29, 0.717) is 11.3 Å². The maximum atomic E-state index is 11.8. The molecule has 126 valence electrons. The van der Waals surface area contributed by atoms with Crippen molar-refractivity contribution in [3.63, 3.8) is 0 Å². The van der Waals surface area contributed by atoms with E-state index >= 15 is 0 Å². The molecule has 3 aromatic rings. The highest BCUT2D eigenvalue weighted by Gasteiger charge is 2.12. The molecule has 1 aromatic heterocycles. The first kappa shape index (κ1) is 17.8. The minimum Gasteiger partial charge on any atom is -0.508 e. The summed E-state index contributed by atoms with van der Waals surface area (Å²) in [6, 6.07) is 16.6. The Kier molecular flexibility index (Phi) is 5.82. The van der Waals surface area contributed by atoms with E-state index in [0.717, 1.165) is 17.4 Å². The lowest BCUT2D eigenvalue weighted by Crippen LogP contribution is -2.13. The zero-order valence-electron chi connectivity index (χ0n) is 13.6. The topological polar surface area (TPSA) is 59.3 Å². The molecule has 0 aliphatic rings. The fourth-order valence-electron chi connectivity index (χ4n) is 2.34. The summed E-state index contributed by atoms with van der Waals surface area (Å²) in [6.45, 7) is 5.47. The summed E-state index contributed by atoms with van der Waals surface area (Å²) < 4.78 is 24.9. The van der Waals surface area contributed by atoms with Crippen molar-refractivity contribution in [2.45, 2.75) is 13.3 Å². The molecule has 24 heavy (non-hydrogen) atoms. The molecule has 3 rings (SSSR count). The average Bonchev–Trinajstić information content (AvgIpc) is 3.01. The largest absolute Gasteiger partial charge is 0.508 e. The second kappa shape index (κ2) is 7.84. The normalized spacial score (nSPS) is 10.9. The van der Waals surface area contributed by atoms with Crippen LogP contribution in [0, 0.1) is 0 Å². The number of hydrogen-bond donors (Lipinski definition) is 1. The maximum absolute atomic E-state index is 11.8. The van der Waals surface area contributed by atoms with E-state index in [4.69, 9.17) is 5.11 Å². The smallest absolute Gasteiger partial charge is 0.242 e. The number of aryl methyl sites for hydroxylation is 1. The summed E-state index contributed by atoms with van der Waals surface area (Å²) in [6.07, 6.45) is 3.86. The molecule has 0 fully saturated rings. The van der Waals surface area contributed by atoms with Crippen LogP contribution in [0.15, 0.2) is 73.4 Å². The highest BCUT2D eigenvalue weighted by Crippen LogP contribution is 2.17. The van der Waals surface area contributed by atoms with Gasteiger partial charge >= 0.3 is 0 Å². The predicted octanol–water partition coefficient (Wildman–Crippen LogP) is 3.96. The van der Waals surface area contributed by atoms with E-state index in [-0.39, 0.29) is 5.75 Å². The third-order valence-electron chi connectivity index (χ3n) is 3.56. The lowest BCUT2D eigenvalue weighted by Gasteiger charge is -2.04. The number of aromatic hydroxyl groups is 1. The molecular formula is C19H21NO3S. The van der Waals surface area contributed by atoms with E-state index in [1.807, 2.05) is 43.3 Å². The Balaban J connectivity index is 0.000000198. The summed E-state index contributed by atoms with van der Waals surface area (Å²) >= 11 is 0. The van der Waals surface area contributed by atoms with Crippen LogP contribution in [0.3, 0.4) is 0 Å². The fraction of sp³-hybridized carbons (Fsp3) is 0.158. The molecule has 1 N–H and O–H groups in total. The zero-order valence-corrected chi connectivity index (χ0v) is 14.4. The number of phenols is 1. The highest BCUT2D eigenvalue weighted by atomic mass is 32.2. The van der Waals surface area contributed by atoms with Gasteiger partial charge in [-0.3, -0.25) is 0 Å². The minimum atomic E-state index is -3.29. The number of aromatic nitrogens is 1. The lowest BCUT2D eigenvalue weighted by atomic mass is 10.1. The second-order valence-corrected chi connectivity index (χ2v) is 7.11. The molecule has 0 aliphatic carbocycles. The highest BCUT2D eigenvalue weighted by molar-refractivity contribution is 7.90. The van der Waals surface area contributed by atoms with Gasteiger partial charge in [-0.05, 0) is 30.2 Å². The number of para-hydroxylation sites is 2. The molecule has 0 unspecified atom stereocenters. The monoisotopic (exact) mass is 343 g/mol. The van der Waals surface area contributed by atoms with Gasteiger partial charge in [0.25, 0.3) is 0 Å². The molecule has 0 saturated heterocycles. The predicted molar refractivity (Wildman–Crippen MR) is 98.8 cm³/mol. The van der Waals surface area contributed by atoms with E-state index in [9.17, 15) is 8.42 Å². The molecule has 0 bridgehead atoms. The summed E-state index contributed by atoms with van der Waals surface area (Å²) in [5.41, 5.74) is 1.72. The van der Waals surface area contributed by atoms with Crippen LogP contribution < -0.4 is 0 Å². The first-order valence-corrected chi connectivity index (χ1v) is 9.27. The van der Waals surface area contributed by atoms with Crippen molar-refractivity contribution in [1.29, 1.82) is 0 Å². The third-order valence-corrected chi connectivity index (χ3v) is 5.14. The van der Waals surface area contributed by atoms with Gasteiger partial charge in [0, 0.05) is 11.6 Å². The number of benzene rings is 2. The Labute approximate surface area is 142 Å². The van der Waals surface area contributed by atoms with Crippen LogP contribution in [0.5, 0.6) is 5.75 Å². The molecule has 1 heterocycles. The van der Waals surface area contributed by atoms with E-state index in [1.165, 1.54) is 10.0 Å². The van der Waals surface area contributed by atoms with Gasteiger partial charge in [-0.15, -0.1) is 6.58 Å². The zero-order chi connectivity index (χ0) is 17.6. The van der Waals surface area contributed by atoms with Crippen LogP contribution in [-0.2, 0) is 16.4 Å². The molecule has 0 spiro atoms. The molecule has 0 atom stereocenters. The minimum absolute atomic E-state index is 0.0499. The molecular weight excluding hydrogens is 322 g/mol. The first-order chi connectivity index (χ1) is 11.5. The Morgan fingerprint density at radius 1 is 1.08 bits per heavy atom. The van der Waals surface area contributed by atoms with E-state index in [1.54, 1.807) is 24.4 Å².